The molecule has 1 atom stereocenters. The molecule has 0 bridgehead atoms. The minimum Gasteiger partial charge on any atom is -0.449 e. The van der Waals surface area contributed by atoms with Gasteiger partial charge in [0, 0.05) is 33.0 Å². The van der Waals surface area contributed by atoms with Gasteiger partial charge in [-0.25, -0.2) is 4.99 Å². The van der Waals surface area contributed by atoms with Gasteiger partial charge in [0.25, 0.3) is 0 Å². The normalized spacial score (nSPS) is 13.2. The maximum absolute atomic E-state index is 6.70. The van der Waals surface area contributed by atoms with Crippen LogP contribution in [0.15, 0.2) is 192 Å². The summed E-state index contributed by atoms with van der Waals surface area (Å²) < 4.78 is 15.5. The molecule has 1 aromatic heterocycles. The molecule has 0 radical (unpaired) electrons. The highest BCUT2D eigenvalue weighted by Gasteiger charge is 2.26. The zero-order valence-electron chi connectivity index (χ0n) is 30.6. The molecular formula is C50H36N4O2. The number of aromatic nitrogens is 1. The Hall–Kier alpha value is -7.44. The predicted octanol–water partition coefficient (Wildman–Crippen LogP) is 12.4. The summed E-state index contributed by atoms with van der Waals surface area (Å²) in [5, 5.41) is 4.54. The number of hydrogen-bond acceptors (Lipinski definition) is 3. The summed E-state index contributed by atoms with van der Waals surface area (Å²) in [7, 11) is 0. The van der Waals surface area contributed by atoms with E-state index in [0.717, 1.165) is 66.1 Å². The van der Waals surface area contributed by atoms with Gasteiger partial charge >= 0.3 is 0 Å². The molecular weight excluding hydrogens is 689 g/mol. The molecule has 8 aromatic carbocycles. The Morgan fingerprint density at radius 3 is 2.00 bits per heavy atom. The molecule has 0 fully saturated rings. The van der Waals surface area contributed by atoms with E-state index in [2.05, 4.69) is 109 Å². The molecule has 268 valence electrons. The Balaban J connectivity index is 1.14. The first kappa shape index (κ1) is 33.2. The van der Waals surface area contributed by atoms with E-state index < -0.39 is 0 Å². The lowest BCUT2D eigenvalue weighted by Gasteiger charge is -2.22. The van der Waals surface area contributed by atoms with E-state index in [1.807, 2.05) is 84.9 Å². The van der Waals surface area contributed by atoms with Crippen LogP contribution in [0.1, 0.15) is 29.7 Å². The molecule has 2 heterocycles. The lowest BCUT2D eigenvalue weighted by molar-refractivity contribution is 0.362. The Morgan fingerprint density at radius 1 is 0.536 bits per heavy atom. The summed E-state index contributed by atoms with van der Waals surface area (Å²) in [4.78, 5) is 10.1. The molecule has 0 aliphatic carbocycles. The Bertz CT molecular complexity index is 3000. The molecule has 56 heavy (non-hydrogen) atoms. The molecule has 0 saturated heterocycles. The minimum atomic E-state index is -0.139. The molecule has 2 N–H and O–H groups in total. The van der Waals surface area contributed by atoms with E-state index in [1.165, 1.54) is 0 Å². The molecule has 6 heteroatoms. The fourth-order valence-electron chi connectivity index (χ4n) is 7.71. The smallest absolute Gasteiger partial charge is 0.194 e. The van der Waals surface area contributed by atoms with Crippen LogP contribution in [0.4, 0.5) is 0 Å². The van der Waals surface area contributed by atoms with E-state index in [1.54, 1.807) is 0 Å². The van der Waals surface area contributed by atoms with E-state index in [4.69, 9.17) is 25.2 Å². The van der Waals surface area contributed by atoms with Gasteiger partial charge in [-0.15, -0.1) is 0 Å². The first-order chi connectivity index (χ1) is 27.6. The van der Waals surface area contributed by atoms with Crippen LogP contribution in [-0.2, 0) is 0 Å². The summed E-state index contributed by atoms with van der Waals surface area (Å²) in [5.74, 6) is 3.74. The second-order valence-corrected chi connectivity index (χ2v) is 14.0. The Kier molecular flexibility index (Phi) is 8.15. The van der Waals surface area contributed by atoms with Crippen molar-refractivity contribution in [2.45, 2.75) is 13.0 Å². The van der Waals surface area contributed by atoms with Crippen molar-refractivity contribution in [1.29, 1.82) is 0 Å². The van der Waals surface area contributed by atoms with E-state index in [9.17, 15) is 0 Å². The number of hydrogen-bond donors (Lipinski definition) is 1. The zero-order chi connectivity index (χ0) is 37.6. The van der Waals surface area contributed by atoms with Gasteiger partial charge in [-0.2, -0.15) is 0 Å². The topological polar surface area (TPSA) is 74.1 Å². The molecule has 0 saturated carbocycles. The first-order valence-corrected chi connectivity index (χ1v) is 18.8. The van der Waals surface area contributed by atoms with Crippen molar-refractivity contribution in [2.24, 2.45) is 15.7 Å². The molecule has 10 rings (SSSR count). The largest absolute Gasteiger partial charge is 0.449 e. The van der Waals surface area contributed by atoms with Crippen molar-refractivity contribution in [1.82, 2.24) is 4.57 Å². The number of rotatable bonds is 6. The highest BCUT2D eigenvalue weighted by molar-refractivity contribution is 6.20. The van der Waals surface area contributed by atoms with Crippen molar-refractivity contribution in [3.63, 3.8) is 0 Å². The van der Waals surface area contributed by atoms with Gasteiger partial charge in [0.2, 0.25) is 0 Å². The van der Waals surface area contributed by atoms with Crippen molar-refractivity contribution in [2.75, 3.05) is 0 Å². The van der Waals surface area contributed by atoms with E-state index in [-0.39, 0.29) is 6.04 Å². The summed E-state index contributed by atoms with van der Waals surface area (Å²) in [5.41, 5.74) is 14.6. The molecule has 0 amide bonds. The van der Waals surface area contributed by atoms with Crippen molar-refractivity contribution >= 4 is 44.2 Å². The number of aliphatic imine (C=N–C) groups is 2. The maximum atomic E-state index is 6.70. The van der Waals surface area contributed by atoms with Crippen LogP contribution >= 0.6 is 0 Å². The monoisotopic (exact) mass is 724 g/mol. The van der Waals surface area contributed by atoms with Crippen LogP contribution in [0.25, 0.3) is 49.4 Å². The van der Waals surface area contributed by atoms with Crippen LogP contribution in [-0.4, -0.2) is 16.2 Å². The van der Waals surface area contributed by atoms with Gasteiger partial charge in [0.05, 0.1) is 11.6 Å². The first-order valence-electron chi connectivity index (χ1n) is 18.8. The molecule has 9 aromatic rings. The van der Waals surface area contributed by atoms with Crippen LogP contribution < -0.4 is 15.2 Å². The second kappa shape index (κ2) is 13.8. The number of ether oxygens (including phenoxy) is 2. The lowest BCUT2D eigenvalue weighted by atomic mass is 10.0. The Morgan fingerprint density at radius 2 is 1.18 bits per heavy atom. The van der Waals surface area contributed by atoms with Gasteiger partial charge in [-0.1, -0.05) is 140 Å². The third-order valence-electron chi connectivity index (χ3n) is 10.5. The second-order valence-electron chi connectivity index (χ2n) is 14.0. The van der Waals surface area contributed by atoms with Crippen molar-refractivity contribution in [3.8, 4) is 39.8 Å². The standard InChI is InChI=1S/C50H36N4O2/c1-32(33-14-4-2-5-15-33)52-50(53-49(51)35-17-6-3-7-18-35)38-21-12-19-36(30-38)37-20-13-22-39(31-37)54-46-40-23-9-8-16-34(40)26-27-41(46)42-28-29-45-48(47(42)54)56-44-25-11-10-24-43(44)55-45/h2-32H,1H3,(H2,51,52,53). The quantitative estimate of drug-likeness (QED) is 0.137. The highest BCUT2D eigenvalue weighted by Crippen LogP contribution is 2.51. The number of para-hydroxylation sites is 2. The fraction of sp³-hybridized carbons (Fsp3) is 0.0400. The van der Waals surface area contributed by atoms with Crippen LogP contribution in [0.5, 0.6) is 23.0 Å². The summed E-state index contributed by atoms with van der Waals surface area (Å²) in [6, 6.07) is 61.9. The van der Waals surface area contributed by atoms with Crippen LogP contribution in [0.3, 0.4) is 0 Å². The number of nitrogens with zero attached hydrogens (tertiary/aromatic N) is 3. The fourth-order valence-corrected chi connectivity index (χ4v) is 7.71. The third kappa shape index (κ3) is 5.85. The van der Waals surface area contributed by atoms with Gasteiger partial charge in [-0.3, -0.25) is 4.99 Å². The SMILES string of the molecule is CC(N=C(N=C(N)c1ccccc1)c1cccc(-c2cccc(-n3c4c5c(ccc4c4ccc6ccccc6c43)Oc3ccccc3O5)c2)c1)c1ccccc1. The minimum absolute atomic E-state index is 0.139. The average Bonchev–Trinajstić information content (AvgIpc) is 3.61. The van der Waals surface area contributed by atoms with Gasteiger partial charge < -0.3 is 19.8 Å². The van der Waals surface area contributed by atoms with Gasteiger partial charge in [0.1, 0.15) is 11.4 Å². The highest BCUT2D eigenvalue weighted by atomic mass is 16.6. The van der Waals surface area contributed by atoms with E-state index >= 15 is 0 Å². The number of amidine groups is 2. The molecule has 6 nitrogen and oxygen atoms in total. The molecule has 1 unspecified atom stereocenters. The van der Waals surface area contributed by atoms with Crippen molar-refractivity contribution in [3.05, 3.63) is 199 Å². The Labute approximate surface area is 324 Å². The lowest BCUT2D eigenvalue weighted by Crippen LogP contribution is -2.16. The van der Waals surface area contributed by atoms with Crippen LogP contribution in [0.2, 0.25) is 0 Å². The predicted molar refractivity (Wildman–Crippen MR) is 229 cm³/mol. The number of fused-ring (bicyclic) bond motifs is 8. The van der Waals surface area contributed by atoms with Crippen LogP contribution in [0, 0.1) is 0 Å². The van der Waals surface area contributed by atoms with Gasteiger partial charge in [0.15, 0.2) is 28.8 Å². The molecule has 1 aliphatic heterocycles. The van der Waals surface area contributed by atoms with E-state index in [0.29, 0.717) is 34.7 Å². The maximum Gasteiger partial charge on any atom is 0.194 e. The number of nitrogens with two attached hydrogens (primary N) is 1. The summed E-state index contributed by atoms with van der Waals surface area (Å²) >= 11 is 0. The van der Waals surface area contributed by atoms with Crippen molar-refractivity contribution < 1.29 is 9.47 Å². The van der Waals surface area contributed by atoms with Gasteiger partial charge in [-0.05, 0) is 71.5 Å². The summed E-state index contributed by atoms with van der Waals surface area (Å²) in [6.45, 7) is 2.08. The molecule has 1 aliphatic rings. The zero-order valence-corrected chi connectivity index (χ0v) is 30.6. The number of benzene rings is 8. The average molecular weight is 725 g/mol. The summed E-state index contributed by atoms with van der Waals surface area (Å²) in [6.07, 6.45) is 0. The molecule has 0 spiro atoms. The third-order valence-corrected chi connectivity index (χ3v) is 10.5.